The van der Waals surface area contributed by atoms with Crippen molar-refractivity contribution in [3.05, 3.63) is 46.1 Å². The fourth-order valence-corrected chi connectivity index (χ4v) is 4.26. The van der Waals surface area contributed by atoms with Crippen LogP contribution < -0.4 is 5.32 Å². The number of nitrogens with zero attached hydrogens (tertiary/aromatic N) is 2. The second-order valence-electron chi connectivity index (χ2n) is 6.95. The third-order valence-corrected chi connectivity index (χ3v) is 5.78. The van der Waals surface area contributed by atoms with Crippen molar-refractivity contribution in [2.75, 3.05) is 18.5 Å². The van der Waals surface area contributed by atoms with Crippen LogP contribution in [-0.2, 0) is 18.4 Å². The molecule has 1 aliphatic heterocycles. The first-order valence-electron chi connectivity index (χ1n) is 8.95. The number of aliphatic hydroxyl groups is 1. The fraction of sp³-hybridized carbons (Fsp3) is 0.526. The molecule has 4 nitrogen and oxygen atoms in total. The summed E-state index contributed by atoms with van der Waals surface area (Å²) >= 11 is 6.09. The molecule has 2 aliphatic rings. The molecule has 2 aromatic rings. The zero-order valence-corrected chi connectivity index (χ0v) is 14.6. The summed E-state index contributed by atoms with van der Waals surface area (Å²) in [7, 11) is 0. The average Bonchev–Trinajstić information content (AvgIpc) is 2.92. The lowest BCUT2D eigenvalue weighted by Crippen LogP contribution is -2.37. The molecule has 1 aromatic carbocycles. The van der Waals surface area contributed by atoms with Crippen LogP contribution in [0.1, 0.15) is 48.9 Å². The minimum atomic E-state index is 0.0153. The molecule has 1 aromatic heterocycles. The van der Waals surface area contributed by atoms with Gasteiger partial charge in [-0.25, -0.2) is 4.68 Å². The van der Waals surface area contributed by atoms with Gasteiger partial charge in [-0.05, 0) is 49.8 Å². The van der Waals surface area contributed by atoms with Crippen LogP contribution in [0.4, 0.5) is 5.82 Å². The summed E-state index contributed by atoms with van der Waals surface area (Å²) in [5, 5.41) is 18.7. The molecule has 128 valence electrons. The van der Waals surface area contributed by atoms with E-state index in [2.05, 4.69) is 22.1 Å². The third-order valence-electron chi connectivity index (χ3n) is 5.53. The van der Waals surface area contributed by atoms with Gasteiger partial charge in [0.05, 0.1) is 5.69 Å². The van der Waals surface area contributed by atoms with Crippen LogP contribution in [0.25, 0.3) is 0 Å². The van der Waals surface area contributed by atoms with E-state index < -0.39 is 0 Å². The number of halogens is 1. The Morgan fingerprint density at radius 3 is 2.67 bits per heavy atom. The first kappa shape index (κ1) is 16.0. The number of aryl methyl sites for hydroxylation is 1. The Kier molecular flexibility index (Phi) is 4.27. The monoisotopic (exact) mass is 345 g/mol. The van der Waals surface area contributed by atoms with E-state index in [-0.39, 0.29) is 12.0 Å². The maximum absolute atomic E-state index is 9.32. The third kappa shape index (κ3) is 2.52. The van der Waals surface area contributed by atoms with E-state index in [9.17, 15) is 5.11 Å². The van der Waals surface area contributed by atoms with Gasteiger partial charge in [-0.3, -0.25) is 0 Å². The number of benzene rings is 1. The molecule has 0 saturated heterocycles. The average molecular weight is 346 g/mol. The van der Waals surface area contributed by atoms with Crippen LogP contribution in [0.5, 0.6) is 0 Å². The summed E-state index contributed by atoms with van der Waals surface area (Å²) in [4.78, 5) is 0. The Labute approximate surface area is 147 Å². The van der Waals surface area contributed by atoms with Gasteiger partial charge in [-0.1, -0.05) is 30.2 Å². The predicted molar refractivity (Wildman–Crippen MR) is 96.8 cm³/mol. The lowest BCUT2D eigenvalue weighted by molar-refractivity contribution is 0.281. The standard InChI is InChI=1S/C19H24ClN3O/c20-15-7-5-14(6-8-15)19(9-2-10-19)17-16(4-1-13-24)18-21-11-3-12-23(18)22-17/h5-8,21,24H,1-4,9-13H2. The highest BCUT2D eigenvalue weighted by atomic mass is 35.5. The topological polar surface area (TPSA) is 50.1 Å². The summed E-state index contributed by atoms with van der Waals surface area (Å²) in [6.07, 6.45) is 6.28. The van der Waals surface area contributed by atoms with Gasteiger partial charge in [0, 0.05) is 35.7 Å². The Bertz CT molecular complexity index is 719. The fourth-order valence-electron chi connectivity index (χ4n) is 4.13. The summed E-state index contributed by atoms with van der Waals surface area (Å²) in [6, 6.07) is 8.28. The molecule has 4 rings (SSSR count). The zero-order chi connectivity index (χ0) is 16.6. The molecular weight excluding hydrogens is 322 g/mol. The van der Waals surface area contributed by atoms with Crippen LogP contribution in [-0.4, -0.2) is 28.0 Å². The summed E-state index contributed by atoms with van der Waals surface area (Å²) in [5.74, 6) is 1.17. The molecule has 0 spiro atoms. The van der Waals surface area contributed by atoms with E-state index in [0.29, 0.717) is 0 Å². The Hall–Kier alpha value is -1.52. The molecule has 1 aliphatic carbocycles. The first-order chi connectivity index (χ1) is 11.7. The van der Waals surface area contributed by atoms with Crippen LogP contribution in [0.3, 0.4) is 0 Å². The second kappa shape index (κ2) is 6.41. The van der Waals surface area contributed by atoms with Gasteiger partial charge in [0.2, 0.25) is 0 Å². The second-order valence-corrected chi connectivity index (χ2v) is 7.39. The number of anilines is 1. The molecule has 0 bridgehead atoms. The van der Waals surface area contributed by atoms with Crippen LogP contribution in [0.2, 0.25) is 5.02 Å². The Morgan fingerprint density at radius 2 is 2.00 bits per heavy atom. The minimum Gasteiger partial charge on any atom is -0.396 e. The quantitative estimate of drug-likeness (QED) is 0.867. The maximum atomic E-state index is 9.32. The number of hydrogen-bond acceptors (Lipinski definition) is 3. The van der Waals surface area contributed by atoms with Crippen molar-refractivity contribution in [1.82, 2.24) is 9.78 Å². The van der Waals surface area contributed by atoms with Crippen molar-refractivity contribution in [1.29, 1.82) is 0 Å². The van der Waals surface area contributed by atoms with Crippen molar-refractivity contribution < 1.29 is 5.11 Å². The number of rotatable bonds is 5. The molecular formula is C19H24ClN3O. The zero-order valence-electron chi connectivity index (χ0n) is 13.9. The van der Waals surface area contributed by atoms with E-state index in [1.807, 2.05) is 12.1 Å². The highest BCUT2D eigenvalue weighted by Gasteiger charge is 2.45. The van der Waals surface area contributed by atoms with E-state index in [1.54, 1.807) is 0 Å². The van der Waals surface area contributed by atoms with Gasteiger partial charge in [0.15, 0.2) is 0 Å². The summed E-state index contributed by atoms with van der Waals surface area (Å²) < 4.78 is 2.14. The van der Waals surface area contributed by atoms with E-state index in [0.717, 1.165) is 50.2 Å². The van der Waals surface area contributed by atoms with Gasteiger partial charge in [0.1, 0.15) is 5.82 Å². The minimum absolute atomic E-state index is 0.0153. The molecule has 5 heteroatoms. The first-order valence-corrected chi connectivity index (χ1v) is 9.33. The molecule has 0 radical (unpaired) electrons. The van der Waals surface area contributed by atoms with E-state index in [4.69, 9.17) is 16.7 Å². The van der Waals surface area contributed by atoms with Crippen molar-refractivity contribution in [3.63, 3.8) is 0 Å². The lowest BCUT2D eigenvalue weighted by Gasteiger charge is -2.42. The maximum Gasteiger partial charge on any atom is 0.127 e. The molecule has 2 heterocycles. The SMILES string of the molecule is OCCCc1c(C2(c3ccc(Cl)cc3)CCC2)nn2c1NCCC2. The molecule has 0 amide bonds. The number of aliphatic hydroxyl groups excluding tert-OH is 1. The number of fused-ring (bicyclic) bond motifs is 1. The van der Waals surface area contributed by atoms with Crippen LogP contribution >= 0.6 is 11.6 Å². The van der Waals surface area contributed by atoms with E-state index in [1.165, 1.54) is 29.1 Å². The van der Waals surface area contributed by atoms with Crippen molar-refractivity contribution in [3.8, 4) is 0 Å². The highest BCUT2D eigenvalue weighted by Crippen LogP contribution is 2.51. The van der Waals surface area contributed by atoms with E-state index >= 15 is 0 Å². The van der Waals surface area contributed by atoms with Gasteiger partial charge in [-0.2, -0.15) is 5.10 Å². The molecule has 24 heavy (non-hydrogen) atoms. The predicted octanol–water partition coefficient (Wildman–Crippen LogP) is 3.75. The largest absolute Gasteiger partial charge is 0.396 e. The highest BCUT2D eigenvalue weighted by molar-refractivity contribution is 6.30. The van der Waals surface area contributed by atoms with Crippen LogP contribution in [0.15, 0.2) is 24.3 Å². The van der Waals surface area contributed by atoms with Crippen molar-refractivity contribution >= 4 is 17.4 Å². The number of hydrogen-bond donors (Lipinski definition) is 2. The van der Waals surface area contributed by atoms with Crippen molar-refractivity contribution in [2.45, 2.75) is 50.5 Å². The lowest BCUT2D eigenvalue weighted by atomic mass is 9.61. The molecule has 0 atom stereocenters. The van der Waals surface area contributed by atoms with Gasteiger partial charge >= 0.3 is 0 Å². The normalized spacial score (nSPS) is 18.6. The smallest absolute Gasteiger partial charge is 0.127 e. The Morgan fingerprint density at radius 1 is 1.21 bits per heavy atom. The van der Waals surface area contributed by atoms with Crippen LogP contribution in [0, 0.1) is 0 Å². The Balaban J connectivity index is 1.81. The van der Waals surface area contributed by atoms with Gasteiger partial charge in [0.25, 0.3) is 0 Å². The molecule has 0 unspecified atom stereocenters. The molecule has 1 saturated carbocycles. The molecule has 2 N–H and O–H groups in total. The molecule has 1 fully saturated rings. The van der Waals surface area contributed by atoms with Crippen molar-refractivity contribution in [2.24, 2.45) is 0 Å². The summed E-state index contributed by atoms with van der Waals surface area (Å²) in [6.45, 7) is 2.20. The van der Waals surface area contributed by atoms with Gasteiger partial charge < -0.3 is 10.4 Å². The van der Waals surface area contributed by atoms with Gasteiger partial charge in [-0.15, -0.1) is 0 Å². The summed E-state index contributed by atoms with van der Waals surface area (Å²) in [5.41, 5.74) is 3.85. The number of nitrogens with one attached hydrogen (secondary N) is 1. The number of aromatic nitrogens is 2.